The molecular formula is C17H16Cl2N4O3S2. The number of carbonyl (C=O) groups excluding carboxylic acids is 1. The van der Waals surface area contributed by atoms with E-state index in [2.05, 4.69) is 10.3 Å². The summed E-state index contributed by atoms with van der Waals surface area (Å²) >= 11 is 13.2. The Morgan fingerprint density at radius 3 is 2.39 bits per heavy atom. The number of sulfonamides is 1. The number of benzene rings is 1. The fraction of sp³-hybridized carbons (Fsp3) is 0.176. The van der Waals surface area contributed by atoms with Crippen LogP contribution in [0, 0.1) is 0 Å². The summed E-state index contributed by atoms with van der Waals surface area (Å²) in [4.78, 5) is 17.0. The molecule has 0 fully saturated rings. The van der Waals surface area contributed by atoms with E-state index in [0.29, 0.717) is 21.5 Å². The van der Waals surface area contributed by atoms with Gasteiger partial charge in [0.2, 0.25) is 10.0 Å². The van der Waals surface area contributed by atoms with Crippen LogP contribution in [0.4, 0.5) is 5.13 Å². The number of nitrogens with one attached hydrogen (secondary N) is 1. The van der Waals surface area contributed by atoms with E-state index >= 15 is 0 Å². The second-order valence-corrected chi connectivity index (χ2v) is 9.81. The van der Waals surface area contributed by atoms with Gasteiger partial charge >= 0.3 is 0 Å². The molecule has 7 nitrogen and oxygen atoms in total. The predicted molar refractivity (Wildman–Crippen MR) is 112 cm³/mol. The van der Waals surface area contributed by atoms with Crippen molar-refractivity contribution in [1.82, 2.24) is 13.9 Å². The van der Waals surface area contributed by atoms with Gasteiger partial charge in [0.15, 0.2) is 5.13 Å². The summed E-state index contributed by atoms with van der Waals surface area (Å²) in [6.07, 6.45) is 0. The molecule has 0 saturated heterocycles. The predicted octanol–water partition coefficient (Wildman–Crippen LogP) is 3.96. The molecule has 1 aromatic carbocycles. The first kappa shape index (κ1) is 20.8. The first-order chi connectivity index (χ1) is 13.1. The van der Waals surface area contributed by atoms with Gasteiger partial charge in [0.05, 0.1) is 15.6 Å². The largest absolute Gasteiger partial charge is 0.329 e. The summed E-state index contributed by atoms with van der Waals surface area (Å²) in [7, 11) is 1.11. The van der Waals surface area contributed by atoms with Gasteiger partial charge in [-0.15, -0.1) is 11.3 Å². The molecule has 0 spiro atoms. The van der Waals surface area contributed by atoms with E-state index in [0.717, 1.165) is 9.87 Å². The quantitative estimate of drug-likeness (QED) is 0.626. The maximum atomic E-state index is 12.4. The topological polar surface area (TPSA) is 84.3 Å². The molecule has 3 rings (SSSR count). The zero-order chi connectivity index (χ0) is 20.6. The number of rotatable bonds is 5. The molecule has 11 heteroatoms. The Balaban J connectivity index is 1.79. The zero-order valence-corrected chi connectivity index (χ0v) is 18.2. The van der Waals surface area contributed by atoms with Gasteiger partial charge in [0.1, 0.15) is 10.8 Å². The fourth-order valence-electron chi connectivity index (χ4n) is 2.39. The number of aromatic nitrogens is 2. The molecule has 0 radical (unpaired) electrons. The lowest BCUT2D eigenvalue weighted by atomic mass is 10.2. The molecule has 0 atom stereocenters. The van der Waals surface area contributed by atoms with E-state index < -0.39 is 10.0 Å². The highest BCUT2D eigenvalue weighted by molar-refractivity contribution is 7.89. The molecule has 0 unspecified atom stereocenters. The van der Waals surface area contributed by atoms with Gasteiger partial charge in [-0.2, -0.15) is 0 Å². The average molecular weight is 459 g/mol. The maximum absolute atomic E-state index is 12.4. The number of carbonyl (C=O) groups is 1. The molecule has 148 valence electrons. The number of nitrogens with zero attached hydrogens (tertiary/aromatic N) is 3. The Labute approximate surface area is 176 Å². The van der Waals surface area contributed by atoms with Crippen LogP contribution in [-0.4, -0.2) is 42.3 Å². The second-order valence-electron chi connectivity index (χ2n) is 6.03. The van der Waals surface area contributed by atoms with Crippen molar-refractivity contribution >= 4 is 55.6 Å². The van der Waals surface area contributed by atoms with E-state index in [4.69, 9.17) is 23.2 Å². The summed E-state index contributed by atoms with van der Waals surface area (Å²) < 4.78 is 26.9. The van der Waals surface area contributed by atoms with Crippen molar-refractivity contribution in [3.63, 3.8) is 0 Å². The van der Waals surface area contributed by atoms with E-state index in [1.165, 1.54) is 48.2 Å². The summed E-state index contributed by atoms with van der Waals surface area (Å²) in [6.45, 7) is 0. The molecule has 3 aromatic rings. The smallest absolute Gasteiger partial charge is 0.274 e. The molecule has 0 aliphatic rings. The van der Waals surface area contributed by atoms with Crippen LogP contribution >= 0.6 is 34.5 Å². The Bertz CT molecular complexity index is 1140. The SMILES string of the molecule is CN(C)S(=O)(=O)c1ccc(-c2csc(NC(=O)c3cc(Cl)c(Cl)n3C)n2)cc1. The van der Waals surface area contributed by atoms with E-state index in [1.54, 1.807) is 24.6 Å². The lowest BCUT2D eigenvalue weighted by molar-refractivity contribution is 0.101. The van der Waals surface area contributed by atoms with Crippen LogP contribution in [0.25, 0.3) is 11.3 Å². The highest BCUT2D eigenvalue weighted by Crippen LogP contribution is 2.28. The first-order valence-corrected chi connectivity index (χ1v) is 11.0. The van der Waals surface area contributed by atoms with E-state index in [1.807, 2.05) is 0 Å². The maximum Gasteiger partial charge on any atom is 0.274 e. The Hall–Kier alpha value is -1.91. The minimum absolute atomic E-state index is 0.197. The number of thiazole rings is 1. The summed E-state index contributed by atoms with van der Waals surface area (Å²) in [6, 6.07) is 7.88. The summed E-state index contributed by atoms with van der Waals surface area (Å²) in [5.41, 5.74) is 1.67. The molecule has 2 heterocycles. The number of anilines is 1. The highest BCUT2D eigenvalue weighted by atomic mass is 35.5. The van der Waals surface area contributed by atoms with Crippen molar-refractivity contribution in [2.75, 3.05) is 19.4 Å². The van der Waals surface area contributed by atoms with Crippen LogP contribution in [-0.2, 0) is 17.1 Å². The van der Waals surface area contributed by atoms with Gasteiger partial charge in [0, 0.05) is 32.1 Å². The van der Waals surface area contributed by atoms with Gasteiger partial charge in [0.25, 0.3) is 5.91 Å². The number of amides is 1. The van der Waals surface area contributed by atoms with Crippen molar-refractivity contribution in [3.8, 4) is 11.3 Å². The van der Waals surface area contributed by atoms with Crippen LogP contribution in [0.2, 0.25) is 10.2 Å². The minimum Gasteiger partial charge on any atom is -0.329 e. The minimum atomic E-state index is -3.49. The normalized spacial score (nSPS) is 11.8. The monoisotopic (exact) mass is 458 g/mol. The third kappa shape index (κ3) is 3.94. The van der Waals surface area contributed by atoms with Crippen LogP contribution in [0.5, 0.6) is 0 Å². The van der Waals surface area contributed by atoms with Crippen LogP contribution < -0.4 is 5.32 Å². The third-order valence-electron chi connectivity index (χ3n) is 4.00. The van der Waals surface area contributed by atoms with Crippen molar-refractivity contribution in [2.24, 2.45) is 7.05 Å². The van der Waals surface area contributed by atoms with Crippen LogP contribution in [0.3, 0.4) is 0 Å². The van der Waals surface area contributed by atoms with Crippen LogP contribution in [0.1, 0.15) is 10.5 Å². The van der Waals surface area contributed by atoms with Crippen molar-refractivity contribution < 1.29 is 13.2 Å². The summed E-state index contributed by atoms with van der Waals surface area (Å²) in [5.74, 6) is -0.385. The molecule has 2 aromatic heterocycles. The standard InChI is InChI=1S/C17H16Cl2N4O3S2/c1-22(2)28(25,26)11-6-4-10(5-7-11)13-9-27-17(20-13)21-16(24)14-8-12(18)15(19)23(14)3/h4-9H,1-3H3,(H,20,21,24). The lowest BCUT2D eigenvalue weighted by Gasteiger charge is -2.11. The van der Waals surface area contributed by atoms with E-state index in [9.17, 15) is 13.2 Å². The van der Waals surface area contributed by atoms with Crippen molar-refractivity contribution in [3.05, 3.63) is 51.6 Å². The van der Waals surface area contributed by atoms with Crippen molar-refractivity contribution in [2.45, 2.75) is 4.90 Å². The molecule has 0 saturated carbocycles. The molecule has 0 bridgehead atoms. The molecule has 0 aliphatic heterocycles. The van der Waals surface area contributed by atoms with Gasteiger partial charge in [-0.3, -0.25) is 10.1 Å². The van der Waals surface area contributed by atoms with Crippen molar-refractivity contribution in [1.29, 1.82) is 0 Å². The third-order valence-corrected chi connectivity index (χ3v) is 7.43. The molecule has 0 aliphatic carbocycles. The van der Waals surface area contributed by atoms with Gasteiger partial charge in [-0.05, 0) is 18.2 Å². The summed E-state index contributed by atoms with van der Waals surface area (Å²) in [5, 5.41) is 5.45. The van der Waals surface area contributed by atoms with Gasteiger partial charge < -0.3 is 4.57 Å². The molecule has 1 N–H and O–H groups in total. The van der Waals surface area contributed by atoms with E-state index in [-0.39, 0.29) is 16.0 Å². The second kappa shape index (κ2) is 7.84. The Morgan fingerprint density at radius 1 is 1.21 bits per heavy atom. The molecule has 1 amide bonds. The number of hydrogen-bond donors (Lipinski definition) is 1. The first-order valence-electron chi connectivity index (χ1n) is 7.92. The van der Waals surface area contributed by atoms with Crippen LogP contribution in [0.15, 0.2) is 40.6 Å². The highest BCUT2D eigenvalue weighted by Gasteiger charge is 2.19. The number of hydrogen-bond acceptors (Lipinski definition) is 5. The molecular weight excluding hydrogens is 443 g/mol. The van der Waals surface area contributed by atoms with Gasteiger partial charge in [-0.1, -0.05) is 35.3 Å². The lowest BCUT2D eigenvalue weighted by Crippen LogP contribution is -2.22. The Morgan fingerprint density at radius 2 is 1.86 bits per heavy atom. The van der Waals surface area contributed by atoms with Gasteiger partial charge in [-0.25, -0.2) is 17.7 Å². The molecule has 28 heavy (non-hydrogen) atoms. The number of halogens is 2. The fourth-order valence-corrected chi connectivity index (χ4v) is 4.39. The zero-order valence-electron chi connectivity index (χ0n) is 15.1. The average Bonchev–Trinajstić information content (AvgIpc) is 3.22. The Kier molecular flexibility index (Phi) is 5.83.